The summed E-state index contributed by atoms with van der Waals surface area (Å²) in [5.41, 5.74) is 2.34. The lowest BCUT2D eigenvalue weighted by Gasteiger charge is -2.12. The van der Waals surface area contributed by atoms with Crippen LogP contribution in [0.25, 0.3) is 0 Å². The van der Waals surface area contributed by atoms with Gasteiger partial charge in [-0.05, 0) is 46.0 Å². The Kier molecular flexibility index (Phi) is 3.97. The second-order valence-electron chi connectivity index (χ2n) is 4.46. The van der Waals surface area contributed by atoms with E-state index in [1.54, 1.807) is 6.20 Å². The fourth-order valence-electron chi connectivity index (χ4n) is 1.57. The maximum atomic E-state index is 5.83. The zero-order valence-electron chi connectivity index (χ0n) is 10.6. The highest BCUT2D eigenvalue weighted by Gasteiger charge is 2.08. The summed E-state index contributed by atoms with van der Waals surface area (Å²) in [4.78, 5) is 8.03. The molecule has 1 heterocycles. The van der Waals surface area contributed by atoms with Crippen molar-refractivity contribution in [2.45, 2.75) is 26.7 Å². The van der Waals surface area contributed by atoms with Crippen molar-refractivity contribution in [2.75, 3.05) is 0 Å². The van der Waals surface area contributed by atoms with E-state index < -0.39 is 0 Å². The molecule has 0 bridgehead atoms. The average molecular weight is 307 g/mol. The van der Waals surface area contributed by atoms with Crippen LogP contribution in [0.5, 0.6) is 11.6 Å². The summed E-state index contributed by atoms with van der Waals surface area (Å²) >= 11 is 3.38. The maximum absolute atomic E-state index is 5.83. The smallest absolute Gasteiger partial charge is 0.236 e. The lowest BCUT2D eigenvalue weighted by molar-refractivity contribution is 0.453. The fraction of sp³-hybridized carbons (Fsp3) is 0.286. The van der Waals surface area contributed by atoms with Gasteiger partial charge < -0.3 is 4.74 Å². The third-order valence-corrected chi connectivity index (χ3v) is 3.26. The molecule has 18 heavy (non-hydrogen) atoms. The van der Waals surface area contributed by atoms with Crippen LogP contribution in [0.4, 0.5) is 0 Å². The minimum atomic E-state index is 0.474. The van der Waals surface area contributed by atoms with Gasteiger partial charge in [-0.3, -0.25) is 0 Å². The summed E-state index contributed by atoms with van der Waals surface area (Å²) < 4.78 is 6.58. The first-order valence-electron chi connectivity index (χ1n) is 5.82. The summed E-state index contributed by atoms with van der Waals surface area (Å²) in [7, 11) is 0. The zero-order valence-corrected chi connectivity index (χ0v) is 12.2. The summed E-state index contributed by atoms with van der Waals surface area (Å²) in [6, 6.07) is 6.26. The lowest BCUT2D eigenvalue weighted by atomic mass is 10.0. The predicted octanol–water partition coefficient (Wildman–Crippen LogP) is 4.46. The third kappa shape index (κ3) is 2.88. The molecule has 3 nitrogen and oxygen atoms in total. The molecule has 0 saturated carbocycles. The van der Waals surface area contributed by atoms with E-state index in [2.05, 4.69) is 57.9 Å². The molecule has 2 aromatic rings. The Morgan fingerprint density at radius 1 is 1.28 bits per heavy atom. The predicted molar refractivity (Wildman–Crippen MR) is 75.1 cm³/mol. The molecule has 0 radical (unpaired) electrons. The van der Waals surface area contributed by atoms with E-state index in [-0.39, 0.29) is 0 Å². The number of aromatic nitrogens is 2. The second-order valence-corrected chi connectivity index (χ2v) is 5.31. The Morgan fingerprint density at radius 3 is 2.72 bits per heavy atom. The third-order valence-electron chi connectivity index (χ3n) is 2.72. The first-order chi connectivity index (χ1) is 8.58. The fourth-order valence-corrected chi connectivity index (χ4v) is 1.87. The van der Waals surface area contributed by atoms with Gasteiger partial charge in [0.2, 0.25) is 5.88 Å². The van der Waals surface area contributed by atoms with Crippen molar-refractivity contribution in [3.63, 3.8) is 0 Å². The van der Waals surface area contributed by atoms with Crippen LogP contribution in [0.3, 0.4) is 0 Å². The number of nitrogens with zero attached hydrogens (tertiary/aromatic N) is 2. The van der Waals surface area contributed by atoms with E-state index in [1.807, 2.05) is 6.92 Å². The monoisotopic (exact) mass is 306 g/mol. The van der Waals surface area contributed by atoms with Gasteiger partial charge in [0.05, 0.1) is 4.47 Å². The number of rotatable bonds is 3. The largest absolute Gasteiger partial charge is 0.437 e. The number of ether oxygens (including phenoxy) is 1. The van der Waals surface area contributed by atoms with Crippen molar-refractivity contribution >= 4 is 15.9 Å². The van der Waals surface area contributed by atoms with Gasteiger partial charge in [-0.15, -0.1) is 0 Å². The normalized spacial score (nSPS) is 10.7. The Balaban J connectivity index is 2.34. The highest BCUT2D eigenvalue weighted by molar-refractivity contribution is 9.10. The van der Waals surface area contributed by atoms with Gasteiger partial charge in [0.15, 0.2) is 0 Å². The molecule has 0 saturated heterocycles. The molecule has 94 valence electrons. The summed E-state index contributed by atoms with van der Waals surface area (Å²) in [5.74, 6) is 1.84. The van der Waals surface area contributed by atoms with Gasteiger partial charge in [-0.2, -0.15) is 0 Å². The topological polar surface area (TPSA) is 35.0 Å². The second kappa shape index (κ2) is 5.48. The molecule has 4 heteroatoms. The summed E-state index contributed by atoms with van der Waals surface area (Å²) in [5, 5.41) is 0. The van der Waals surface area contributed by atoms with Crippen LogP contribution >= 0.6 is 15.9 Å². The Morgan fingerprint density at radius 2 is 2.06 bits per heavy atom. The van der Waals surface area contributed by atoms with Gasteiger partial charge in [-0.1, -0.05) is 26.0 Å². The van der Waals surface area contributed by atoms with E-state index >= 15 is 0 Å². The van der Waals surface area contributed by atoms with Crippen molar-refractivity contribution in [1.82, 2.24) is 9.97 Å². The molecular weight excluding hydrogens is 292 g/mol. The zero-order chi connectivity index (χ0) is 13.1. The lowest BCUT2D eigenvalue weighted by Crippen LogP contribution is -1.95. The van der Waals surface area contributed by atoms with Crippen LogP contribution in [0.2, 0.25) is 0 Å². The number of hydrogen-bond donors (Lipinski definition) is 0. The Hall–Kier alpha value is -1.42. The molecule has 0 unspecified atom stereocenters. The maximum Gasteiger partial charge on any atom is 0.236 e. The quantitative estimate of drug-likeness (QED) is 0.839. The van der Waals surface area contributed by atoms with Gasteiger partial charge in [0, 0.05) is 6.20 Å². The minimum absolute atomic E-state index is 0.474. The minimum Gasteiger partial charge on any atom is -0.437 e. The first kappa shape index (κ1) is 13.0. The van der Waals surface area contributed by atoms with E-state index in [1.165, 1.54) is 11.9 Å². The number of aryl methyl sites for hydroxylation is 1. The molecule has 0 aliphatic carbocycles. The standard InChI is InChI=1S/C14H15BrN2O/c1-9(2)11-5-4-10(3)13(6-11)18-14-12(15)7-16-8-17-14/h4-9H,1-3H3. The van der Waals surface area contributed by atoms with Crippen molar-refractivity contribution < 1.29 is 4.74 Å². The Bertz CT molecular complexity index is 555. The van der Waals surface area contributed by atoms with E-state index in [9.17, 15) is 0 Å². The molecule has 0 fully saturated rings. The SMILES string of the molecule is Cc1ccc(C(C)C)cc1Oc1ncncc1Br. The molecule has 0 amide bonds. The summed E-state index contributed by atoms with van der Waals surface area (Å²) in [6.07, 6.45) is 3.14. The molecule has 0 spiro atoms. The highest BCUT2D eigenvalue weighted by atomic mass is 79.9. The van der Waals surface area contributed by atoms with Gasteiger partial charge in [-0.25, -0.2) is 9.97 Å². The molecule has 0 N–H and O–H groups in total. The molecule has 2 rings (SSSR count). The Labute approximate surface area is 115 Å². The molecular formula is C14H15BrN2O. The molecule has 1 aromatic carbocycles. The van der Waals surface area contributed by atoms with E-state index in [0.29, 0.717) is 11.8 Å². The van der Waals surface area contributed by atoms with Crippen molar-refractivity contribution in [2.24, 2.45) is 0 Å². The van der Waals surface area contributed by atoms with Gasteiger partial charge in [0.25, 0.3) is 0 Å². The van der Waals surface area contributed by atoms with Crippen LogP contribution in [0.15, 0.2) is 35.2 Å². The molecule has 0 aliphatic heterocycles. The van der Waals surface area contributed by atoms with Crippen LogP contribution in [0, 0.1) is 6.92 Å². The number of halogens is 1. The van der Waals surface area contributed by atoms with E-state index in [0.717, 1.165) is 15.8 Å². The van der Waals surface area contributed by atoms with Crippen molar-refractivity contribution in [1.29, 1.82) is 0 Å². The summed E-state index contributed by atoms with van der Waals surface area (Å²) in [6.45, 7) is 6.35. The van der Waals surface area contributed by atoms with Crippen LogP contribution in [0.1, 0.15) is 30.9 Å². The van der Waals surface area contributed by atoms with Crippen molar-refractivity contribution in [3.05, 3.63) is 46.3 Å². The van der Waals surface area contributed by atoms with E-state index in [4.69, 9.17) is 4.74 Å². The van der Waals surface area contributed by atoms with Gasteiger partial charge >= 0.3 is 0 Å². The first-order valence-corrected chi connectivity index (χ1v) is 6.61. The molecule has 0 aliphatic rings. The highest BCUT2D eigenvalue weighted by Crippen LogP contribution is 2.30. The van der Waals surface area contributed by atoms with Crippen LogP contribution in [-0.4, -0.2) is 9.97 Å². The average Bonchev–Trinajstić information content (AvgIpc) is 2.34. The van der Waals surface area contributed by atoms with Gasteiger partial charge in [0.1, 0.15) is 12.1 Å². The number of hydrogen-bond acceptors (Lipinski definition) is 3. The number of benzene rings is 1. The molecule has 0 atom stereocenters. The van der Waals surface area contributed by atoms with Crippen LogP contribution in [-0.2, 0) is 0 Å². The van der Waals surface area contributed by atoms with Crippen molar-refractivity contribution in [3.8, 4) is 11.6 Å². The molecule has 1 aromatic heterocycles. The van der Waals surface area contributed by atoms with Crippen LogP contribution < -0.4 is 4.74 Å².